The third-order valence-corrected chi connectivity index (χ3v) is 4.63. The SMILES string of the molecule is CN(Cc1cccc(Cl)c1)C(=O)c1ccc(I)c(Cl)c1. The number of carbonyl (C=O) groups excluding carboxylic acids is 1. The number of hydrogen-bond acceptors (Lipinski definition) is 1. The molecule has 2 aromatic rings. The van der Waals surface area contributed by atoms with Gasteiger partial charge >= 0.3 is 0 Å². The topological polar surface area (TPSA) is 20.3 Å². The highest BCUT2D eigenvalue weighted by molar-refractivity contribution is 14.1. The van der Waals surface area contributed by atoms with Gasteiger partial charge in [-0.2, -0.15) is 0 Å². The van der Waals surface area contributed by atoms with Crippen molar-refractivity contribution in [2.24, 2.45) is 0 Å². The van der Waals surface area contributed by atoms with Gasteiger partial charge in [-0.05, 0) is 58.5 Å². The monoisotopic (exact) mass is 419 g/mol. The van der Waals surface area contributed by atoms with E-state index in [2.05, 4.69) is 22.6 Å². The summed E-state index contributed by atoms with van der Waals surface area (Å²) in [6, 6.07) is 12.8. The molecule has 0 saturated heterocycles. The highest BCUT2D eigenvalue weighted by Crippen LogP contribution is 2.21. The Morgan fingerprint density at radius 1 is 1.20 bits per heavy atom. The second-order valence-electron chi connectivity index (χ2n) is 4.42. The number of halogens is 3. The van der Waals surface area contributed by atoms with Crippen molar-refractivity contribution in [3.63, 3.8) is 0 Å². The van der Waals surface area contributed by atoms with E-state index in [0.29, 0.717) is 22.2 Å². The maximum Gasteiger partial charge on any atom is 0.253 e. The van der Waals surface area contributed by atoms with Crippen LogP contribution in [-0.4, -0.2) is 17.9 Å². The van der Waals surface area contributed by atoms with E-state index in [0.717, 1.165) is 9.13 Å². The van der Waals surface area contributed by atoms with Crippen molar-refractivity contribution < 1.29 is 4.79 Å². The maximum absolute atomic E-state index is 12.3. The van der Waals surface area contributed by atoms with Crippen molar-refractivity contribution in [1.29, 1.82) is 0 Å². The van der Waals surface area contributed by atoms with Gasteiger partial charge in [-0.15, -0.1) is 0 Å². The van der Waals surface area contributed by atoms with Gasteiger partial charge in [0.15, 0.2) is 0 Å². The molecule has 0 aliphatic heterocycles. The van der Waals surface area contributed by atoms with Gasteiger partial charge in [-0.3, -0.25) is 4.79 Å². The van der Waals surface area contributed by atoms with Gasteiger partial charge in [-0.25, -0.2) is 0 Å². The van der Waals surface area contributed by atoms with Gasteiger partial charge in [-0.1, -0.05) is 35.3 Å². The quantitative estimate of drug-likeness (QED) is 0.650. The van der Waals surface area contributed by atoms with Crippen LogP contribution in [-0.2, 0) is 6.54 Å². The van der Waals surface area contributed by atoms with Gasteiger partial charge in [0.05, 0.1) is 5.02 Å². The fourth-order valence-corrected chi connectivity index (χ4v) is 2.56. The summed E-state index contributed by atoms with van der Waals surface area (Å²) >= 11 is 14.1. The molecule has 104 valence electrons. The first-order valence-corrected chi connectivity index (χ1v) is 7.76. The third kappa shape index (κ3) is 3.87. The van der Waals surface area contributed by atoms with E-state index < -0.39 is 0 Å². The van der Waals surface area contributed by atoms with E-state index in [9.17, 15) is 4.79 Å². The molecule has 20 heavy (non-hydrogen) atoms. The summed E-state index contributed by atoms with van der Waals surface area (Å²) < 4.78 is 0.929. The molecule has 0 unspecified atom stereocenters. The standard InChI is InChI=1S/C15H12Cl2INO/c1-19(9-10-3-2-4-12(16)7-10)15(20)11-5-6-14(18)13(17)8-11/h2-8H,9H2,1H3. The number of rotatable bonds is 3. The summed E-state index contributed by atoms with van der Waals surface area (Å²) in [5.41, 5.74) is 1.57. The van der Waals surface area contributed by atoms with E-state index >= 15 is 0 Å². The average molecular weight is 420 g/mol. The second kappa shape index (κ2) is 6.78. The molecule has 0 saturated carbocycles. The number of hydrogen-bond donors (Lipinski definition) is 0. The Morgan fingerprint density at radius 2 is 1.95 bits per heavy atom. The smallest absolute Gasteiger partial charge is 0.253 e. The van der Waals surface area contributed by atoms with Crippen LogP contribution in [0.25, 0.3) is 0 Å². The zero-order valence-electron chi connectivity index (χ0n) is 10.7. The molecule has 2 nitrogen and oxygen atoms in total. The molecule has 2 aromatic carbocycles. The first kappa shape index (κ1) is 15.6. The Morgan fingerprint density at radius 3 is 2.60 bits per heavy atom. The Kier molecular flexibility index (Phi) is 5.29. The summed E-state index contributed by atoms with van der Waals surface area (Å²) in [6.45, 7) is 0.503. The molecular weight excluding hydrogens is 408 g/mol. The highest BCUT2D eigenvalue weighted by Gasteiger charge is 2.13. The first-order valence-electron chi connectivity index (χ1n) is 5.92. The Hall–Kier alpha value is -0.780. The zero-order chi connectivity index (χ0) is 14.7. The lowest BCUT2D eigenvalue weighted by Crippen LogP contribution is -2.26. The van der Waals surface area contributed by atoms with Crippen molar-refractivity contribution in [2.45, 2.75) is 6.54 Å². The molecule has 0 heterocycles. The summed E-state index contributed by atoms with van der Waals surface area (Å²) in [4.78, 5) is 14.0. The molecule has 0 radical (unpaired) electrons. The summed E-state index contributed by atoms with van der Waals surface area (Å²) in [6.07, 6.45) is 0. The molecule has 0 aliphatic rings. The number of amides is 1. The fourth-order valence-electron chi connectivity index (χ4n) is 1.83. The molecule has 0 fully saturated rings. The number of nitrogens with zero attached hydrogens (tertiary/aromatic N) is 1. The van der Waals surface area contributed by atoms with E-state index in [1.165, 1.54) is 0 Å². The van der Waals surface area contributed by atoms with Crippen molar-refractivity contribution in [3.05, 3.63) is 67.2 Å². The zero-order valence-corrected chi connectivity index (χ0v) is 14.4. The lowest BCUT2D eigenvalue weighted by Gasteiger charge is -2.17. The molecule has 0 N–H and O–H groups in total. The number of benzene rings is 2. The fraction of sp³-hybridized carbons (Fsp3) is 0.133. The van der Waals surface area contributed by atoms with Crippen LogP contribution in [0.5, 0.6) is 0 Å². The third-order valence-electron chi connectivity index (χ3n) is 2.82. The second-order valence-corrected chi connectivity index (χ2v) is 6.43. The van der Waals surface area contributed by atoms with Crippen LogP contribution < -0.4 is 0 Å². The van der Waals surface area contributed by atoms with Gasteiger partial charge in [0.2, 0.25) is 0 Å². The first-order chi connectivity index (χ1) is 9.47. The maximum atomic E-state index is 12.3. The lowest BCUT2D eigenvalue weighted by atomic mass is 10.1. The minimum atomic E-state index is -0.0664. The van der Waals surface area contributed by atoms with Crippen molar-refractivity contribution >= 4 is 51.7 Å². The van der Waals surface area contributed by atoms with Crippen LogP contribution in [0.2, 0.25) is 10.0 Å². The minimum Gasteiger partial charge on any atom is -0.337 e. The lowest BCUT2D eigenvalue weighted by molar-refractivity contribution is 0.0785. The largest absolute Gasteiger partial charge is 0.337 e. The molecule has 0 aromatic heterocycles. The van der Waals surface area contributed by atoms with Gasteiger partial charge in [0.25, 0.3) is 5.91 Å². The van der Waals surface area contributed by atoms with Crippen LogP contribution in [0.3, 0.4) is 0 Å². The Labute approximate surface area is 141 Å². The average Bonchev–Trinajstić information content (AvgIpc) is 2.41. The van der Waals surface area contributed by atoms with E-state index in [4.69, 9.17) is 23.2 Å². The minimum absolute atomic E-state index is 0.0664. The molecule has 0 bridgehead atoms. The number of carbonyl (C=O) groups is 1. The van der Waals surface area contributed by atoms with Gasteiger partial charge < -0.3 is 4.90 Å². The normalized spacial score (nSPS) is 10.4. The van der Waals surface area contributed by atoms with Gasteiger partial charge in [0, 0.05) is 27.7 Å². The van der Waals surface area contributed by atoms with Crippen LogP contribution in [0.4, 0.5) is 0 Å². The summed E-state index contributed by atoms with van der Waals surface area (Å²) in [7, 11) is 1.76. The van der Waals surface area contributed by atoms with Gasteiger partial charge in [0.1, 0.15) is 0 Å². The molecular formula is C15H12Cl2INO. The Bertz CT molecular complexity index is 646. The molecule has 1 amide bonds. The molecule has 0 atom stereocenters. The molecule has 5 heteroatoms. The van der Waals surface area contributed by atoms with E-state index in [-0.39, 0.29) is 5.91 Å². The van der Waals surface area contributed by atoms with E-state index in [1.54, 1.807) is 24.1 Å². The Balaban J connectivity index is 2.14. The summed E-state index contributed by atoms with van der Waals surface area (Å²) in [5.74, 6) is -0.0664. The van der Waals surface area contributed by atoms with Crippen molar-refractivity contribution in [3.8, 4) is 0 Å². The highest BCUT2D eigenvalue weighted by atomic mass is 127. The van der Waals surface area contributed by atoms with Crippen LogP contribution in [0.1, 0.15) is 15.9 Å². The molecule has 2 rings (SSSR count). The van der Waals surface area contributed by atoms with Crippen LogP contribution >= 0.6 is 45.8 Å². The predicted octanol–water partition coefficient (Wildman–Crippen LogP) is 4.87. The molecule has 0 aliphatic carbocycles. The van der Waals surface area contributed by atoms with Crippen molar-refractivity contribution in [2.75, 3.05) is 7.05 Å². The van der Waals surface area contributed by atoms with Crippen LogP contribution in [0.15, 0.2) is 42.5 Å². The summed E-state index contributed by atoms with van der Waals surface area (Å²) in [5, 5.41) is 1.26. The molecule has 0 spiro atoms. The predicted molar refractivity (Wildman–Crippen MR) is 91.4 cm³/mol. The van der Waals surface area contributed by atoms with E-state index in [1.807, 2.05) is 30.3 Å². The van der Waals surface area contributed by atoms with Crippen molar-refractivity contribution in [1.82, 2.24) is 4.90 Å². The van der Waals surface area contributed by atoms with Crippen LogP contribution in [0, 0.1) is 3.57 Å².